The van der Waals surface area contributed by atoms with Crippen molar-refractivity contribution in [3.8, 4) is 5.75 Å². The van der Waals surface area contributed by atoms with Crippen molar-refractivity contribution in [1.29, 1.82) is 5.41 Å². The number of benzene rings is 2. The maximum absolute atomic E-state index is 7.45. The van der Waals surface area contributed by atoms with Crippen LogP contribution in [-0.2, 0) is 0 Å². The molecule has 0 amide bonds. The first-order valence-corrected chi connectivity index (χ1v) is 6.79. The zero-order valence-electron chi connectivity index (χ0n) is 12.2. The van der Waals surface area contributed by atoms with E-state index in [0.29, 0.717) is 5.92 Å². The van der Waals surface area contributed by atoms with E-state index in [-0.39, 0.29) is 5.96 Å². The zero-order chi connectivity index (χ0) is 14.7. The third kappa shape index (κ3) is 2.54. The zero-order valence-corrected chi connectivity index (χ0v) is 12.2. The lowest BCUT2D eigenvalue weighted by Gasteiger charge is -2.19. The number of rotatable bonds is 4. The molecule has 0 aromatic heterocycles. The van der Waals surface area contributed by atoms with Gasteiger partial charge in [0.15, 0.2) is 5.96 Å². The molecule has 2 aromatic rings. The minimum Gasteiger partial charge on any atom is -0.496 e. The summed E-state index contributed by atoms with van der Waals surface area (Å²) in [6, 6.07) is 10.0. The average molecular weight is 271 g/mol. The molecule has 0 fully saturated rings. The molecule has 4 nitrogen and oxygen atoms in total. The van der Waals surface area contributed by atoms with E-state index < -0.39 is 0 Å². The van der Waals surface area contributed by atoms with E-state index in [1.807, 2.05) is 24.3 Å². The van der Waals surface area contributed by atoms with Crippen LogP contribution in [0.2, 0.25) is 0 Å². The highest BCUT2D eigenvalue weighted by molar-refractivity contribution is 5.99. The third-order valence-corrected chi connectivity index (χ3v) is 3.66. The Morgan fingerprint density at radius 2 is 2.05 bits per heavy atom. The van der Waals surface area contributed by atoms with Gasteiger partial charge < -0.3 is 15.8 Å². The second-order valence-electron chi connectivity index (χ2n) is 4.93. The molecule has 1 unspecified atom stereocenters. The van der Waals surface area contributed by atoms with Crippen molar-refractivity contribution in [3.63, 3.8) is 0 Å². The summed E-state index contributed by atoms with van der Waals surface area (Å²) in [5, 5.41) is 12.6. The first-order chi connectivity index (χ1) is 9.58. The molecule has 20 heavy (non-hydrogen) atoms. The lowest BCUT2D eigenvalue weighted by Crippen LogP contribution is -2.21. The van der Waals surface area contributed by atoms with Crippen molar-refractivity contribution in [2.45, 2.75) is 26.2 Å². The van der Waals surface area contributed by atoms with Crippen LogP contribution in [0.25, 0.3) is 10.8 Å². The Kier molecular flexibility index (Phi) is 4.13. The Labute approximate surface area is 119 Å². The topological polar surface area (TPSA) is 71.1 Å². The smallest absolute Gasteiger partial charge is 0.190 e. The molecule has 2 aromatic carbocycles. The number of ether oxygens (including phenoxy) is 1. The molecule has 0 aliphatic heterocycles. The molecule has 0 radical (unpaired) electrons. The van der Waals surface area contributed by atoms with Gasteiger partial charge in [0.05, 0.1) is 7.11 Å². The second kappa shape index (κ2) is 5.82. The van der Waals surface area contributed by atoms with Crippen molar-refractivity contribution in [2.24, 2.45) is 5.73 Å². The van der Waals surface area contributed by atoms with Gasteiger partial charge >= 0.3 is 0 Å². The second-order valence-corrected chi connectivity index (χ2v) is 4.93. The van der Waals surface area contributed by atoms with Crippen molar-refractivity contribution in [1.82, 2.24) is 0 Å². The molecule has 0 aliphatic carbocycles. The van der Waals surface area contributed by atoms with Crippen LogP contribution in [0.1, 0.15) is 31.7 Å². The summed E-state index contributed by atoms with van der Waals surface area (Å²) in [5.74, 6) is 1.19. The predicted octanol–water partition coefficient (Wildman–Crippen LogP) is 3.67. The number of fused-ring (bicyclic) bond motifs is 1. The highest BCUT2D eigenvalue weighted by Crippen LogP contribution is 2.37. The van der Waals surface area contributed by atoms with E-state index in [4.69, 9.17) is 15.9 Å². The van der Waals surface area contributed by atoms with E-state index in [1.165, 1.54) is 5.56 Å². The summed E-state index contributed by atoms with van der Waals surface area (Å²) in [7, 11) is 1.68. The van der Waals surface area contributed by atoms with Crippen LogP contribution in [0.15, 0.2) is 30.3 Å². The summed E-state index contributed by atoms with van der Waals surface area (Å²) in [6.07, 6.45) is 1.02. The first-order valence-electron chi connectivity index (χ1n) is 6.79. The Balaban J connectivity index is 2.73. The molecule has 0 aliphatic rings. The van der Waals surface area contributed by atoms with Gasteiger partial charge in [0, 0.05) is 11.1 Å². The van der Waals surface area contributed by atoms with Gasteiger partial charge in [-0.15, -0.1) is 0 Å². The fourth-order valence-corrected chi connectivity index (χ4v) is 2.52. The summed E-state index contributed by atoms with van der Waals surface area (Å²) in [4.78, 5) is 0. The number of nitrogens with one attached hydrogen (secondary N) is 2. The van der Waals surface area contributed by atoms with Gasteiger partial charge in [0.25, 0.3) is 0 Å². The largest absolute Gasteiger partial charge is 0.496 e. The van der Waals surface area contributed by atoms with Gasteiger partial charge in [-0.25, -0.2) is 0 Å². The average Bonchev–Trinajstić information content (AvgIpc) is 2.44. The lowest BCUT2D eigenvalue weighted by molar-refractivity contribution is 0.420. The van der Waals surface area contributed by atoms with Crippen LogP contribution >= 0.6 is 0 Å². The Bertz CT molecular complexity index is 637. The molecule has 0 bridgehead atoms. The Hall–Kier alpha value is -2.23. The maximum Gasteiger partial charge on any atom is 0.190 e. The summed E-state index contributed by atoms with van der Waals surface area (Å²) < 4.78 is 5.43. The van der Waals surface area contributed by atoms with E-state index in [1.54, 1.807) is 7.11 Å². The maximum atomic E-state index is 7.45. The number of hydrogen-bond donors (Lipinski definition) is 3. The third-order valence-electron chi connectivity index (χ3n) is 3.66. The quantitative estimate of drug-likeness (QED) is 0.587. The van der Waals surface area contributed by atoms with Crippen molar-refractivity contribution >= 4 is 22.4 Å². The Morgan fingerprint density at radius 3 is 2.65 bits per heavy atom. The number of anilines is 1. The summed E-state index contributed by atoms with van der Waals surface area (Å²) >= 11 is 0. The molecule has 4 heteroatoms. The molecule has 4 N–H and O–H groups in total. The van der Waals surface area contributed by atoms with Crippen LogP contribution in [-0.4, -0.2) is 13.1 Å². The normalized spacial score (nSPS) is 12.2. The van der Waals surface area contributed by atoms with Gasteiger partial charge in [-0.3, -0.25) is 5.41 Å². The minimum atomic E-state index is -0.0446. The number of methoxy groups -OCH3 is 1. The number of guanidine groups is 1. The molecule has 0 heterocycles. The van der Waals surface area contributed by atoms with Crippen molar-refractivity contribution in [2.75, 3.05) is 12.4 Å². The highest BCUT2D eigenvalue weighted by atomic mass is 16.5. The fourth-order valence-electron chi connectivity index (χ4n) is 2.52. The van der Waals surface area contributed by atoms with Gasteiger partial charge in [0.1, 0.15) is 5.75 Å². The lowest BCUT2D eigenvalue weighted by atomic mass is 9.91. The predicted molar refractivity (Wildman–Crippen MR) is 84.7 cm³/mol. The molecular formula is C16H21N3O. The number of nitrogens with two attached hydrogens (primary N) is 1. The summed E-state index contributed by atoms with van der Waals surface area (Å²) in [6.45, 7) is 4.33. The molecule has 0 saturated heterocycles. The van der Waals surface area contributed by atoms with E-state index in [0.717, 1.165) is 28.6 Å². The van der Waals surface area contributed by atoms with Crippen molar-refractivity contribution in [3.05, 3.63) is 35.9 Å². The molecule has 2 rings (SSSR count). The van der Waals surface area contributed by atoms with Gasteiger partial charge in [0.2, 0.25) is 0 Å². The SMILES string of the molecule is CCC(C)c1c(NC(=N)N)ccc2c(OC)cccc12. The van der Waals surface area contributed by atoms with E-state index >= 15 is 0 Å². The van der Waals surface area contributed by atoms with Crippen LogP contribution in [0.5, 0.6) is 5.75 Å². The van der Waals surface area contributed by atoms with Crippen LogP contribution in [0.4, 0.5) is 5.69 Å². The van der Waals surface area contributed by atoms with Gasteiger partial charge in [-0.05, 0) is 41.5 Å². The molecule has 1 atom stereocenters. The Morgan fingerprint density at radius 1 is 1.30 bits per heavy atom. The van der Waals surface area contributed by atoms with Crippen LogP contribution in [0.3, 0.4) is 0 Å². The standard InChI is InChI=1S/C16H21N3O/c1-4-10(2)15-12-6-5-7-14(20-3)11(12)8-9-13(15)19-16(17)18/h5-10H,4H2,1-3H3,(H4,17,18,19). The molecule has 0 saturated carbocycles. The van der Waals surface area contributed by atoms with E-state index in [2.05, 4.69) is 25.2 Å². The first kappa shape index (κ1) is 14.2. The monoisotopic (exact) mass is 271 g/mol. The van der Waals surface area contributed by atoms with E-state index in [9.17, 15) is 0 Å². The number of hydrogen-bond acceptors (Lipinski definition) is 2. The van der Waals surface area contributed by atoms with Crippen molar-refractivity contribution < 1.29 is 4.74 Å². The molecule has 0 spiro atoms. The minimum absolute atomic E-state index is 0.0446. The molecular weight excluding hydrogens is 250 g/mol. The highest BCUT2D eigenvalue weighted by Gasteiger charge is 2.15. The van der Waals surface area contributed by atoms with Crippen LogP contribution in [0, 0.1) is 5.41 Å². The fraction of sp³-hybridized carbons (Fsp3) is 0.312. The van der Waals surface area contributed by atoms with Gasteiger partial charge in [-0.1, -0.05) is 26.0 Å². The molecule has 106 valence electrons. The van der Waals surface area contributed by atoms with Gasteiger partial charge in [-0.2, -0.15) is 0 Å². The summed E-state index contributed by atoms with van der Waals surface area (Å²) in [5.41, 5.74) is 7.56. The van der Waals surface area contributed by atoms with Crippen LogP contribution < -0.4 is 15.8 Å².